The highest BCUT2D eigenvalue weighted by Crippen LogP contribution is 2.12. The van der Waals surface area contributed by atoms with E-state index in [0.717, 1.165) is 10.5 Å². The van der Waals surface area contributed by atoms with Gasteiger partial charge in [0.2, 0.25) is 23.6 Å². The minimum atomic E-state index is -0.349. The largest absolute Gasteiger partial charge is 0.350 e. The van der Waals surface area contributed by atoms with Crippen LogP contribution in [0, 0.1) is 5.82 Å². The minimum Gasteiger partial charge on any atom is -0.350 e. The Labute approximate surface area is 151 Å². The standard InChI is InChI=1S/C18H22FN3O4/c1-2-21(16(24)9-10-22-17(25)7-8-18(22)26)12-15(23)20-11-13-3-5-14(19)6-4-13/h3-6H,2,7-12H2,1H3,(H,20,23). The molecule has 1 fully saturated rings. The summed E-state index contributed by atoms with van der Waals surface area (Å²) in [5.74, 6) is -1.50. The molecular formula is C18H22FN3O4. The number of rotatable bonds is 8. The van der Waals surface area contributed by atoms with Gasteiger partial charge in [-0.3, -0.25) is 24.1 Å². The maximum absolute atomic E-state index is 12.8. The van der Waals surface area contributed by atoms with E-state index >= 15 is 0 Å². The molecule has 140 valence electrons. The van der Waals surface area contributed by atoms with Gasteiger partial charge in [-0.1, -0.05) is 12.1 Å². The summed E-state index contributed by atoms with van der Waals surface area (Å²) >= 11 is 0. The monoisotopic (exact) mass is 363 g/mol. The van der Waals surface area contributed by atoms with Crippen molar-refractivity contribution in [2.75, 3.05) is 19.6 Å². The van der Waals surface area contributed by atoms with Crippen LogP contribution in [0.2, 0.25) is 0 Å². The third-order valence-electron chi connectivity index (χ3n) is 4.18. The normalized spacial score (nSPS) is 13.8. The molecule has 0 aromatic heterocycles. The number of carbonyl (C=O) groups excluding carboxylic acids is 4. The van der Waals surface area contributed by atoms with E-state index in [1.165, 1.54) is 17.0 Å². The minimum absolute atomic E-state index is 0.00341. The molecule has 1 heterocycles. The Balaban J connectivity index is 1.78. The summed E-state index contributed by atoms with van der Waals surface area (Å²) in [4.78, 5) is 49.8. The summed E-state index contributed by atoms with van der Waals surface area (Å²) in [6.45, 7) is 2.26. The lowest BCUT2D eigenvalue weighted by Gasteiger charge is -2.22. The van der Waals surface area contributed by atoms with Crippen molar-refractivity contribution in [3.63, 3.8) is 0 Å². The van der Waals surface area contributed by atoms with Crippen LogP contribution in [0.15, 0.2) is 24.3 Å². The third kappa shape index (κ3) is 5.37. The van der Waals surface area contributed by atoms with Gasteiger partial charge in [-0.05, 0) is 24.6 Å². The molecule has 8 heteroatoms. The molecule has 1 aromatic rings. The summed E-state index contributed by atoms with van der Waals surface area (Å²) < 4.78 is 12.8. The summed E-state index contributed by atoms with van der Waals surface area (Å²) in [7, 11) is 0. The van der Waals surface area contributed by atoms with Gasteiger partial charge < -0.3 is 10.2 Å². The quantitative estimate of drug-likeness (QED) is 0.693. The molecule has 1 saturated heterocycles. The molecule has 1 aliphatic heterocycles. The van der Waals surface area contributed by atoms with Gasteiger partial charge in [0.1, 0.15) is 5.82 Å². The molecule has 0 radical (unpaired) electrons. The van der Waals surface area contributed by atoms with Crippen molar-refractivity contribution < 1.29 is 23.6 Å². The van der Waals surface area contributed by atoms with Crippen LogP contribution in [-0.2, 0) is 25.7 Å². The van der Waals surface area contributed by atoms with E-state index in [9.17, 15) is 23.6 Å². The molecule has 0 saturated carbocycles. The summed E-state index contributed by atoms with van der Waals surface area (Å²) in [5.41, 5.74) is 0.750. The number of amides is 4. The van der Waals surface area contributed by atoms with Crippen LogP contribution in [0.3, 0.4) is 0 Å². The lowest BCUT2D eigenvalue weighted by molar-refractivity contribution is -0.140. The van der Waals surface area contributed by atoms with E-state index in [1.54, 1.807) is 19.1 Å². The predicted octanol–water partition coefficient (Wildman–Crippen LogP) is 0.829. The molecule has 26 heavy (non-hydrogen) atoms. The van der Waals surface area contributed by atoms with E-state index in [2.05, 4.69) is 5.32 Å². The second kappa shape index (κ2) is 9.07. The van der Waals surface area contributed by atoms with E-state index in [1.807, 2.05) is 0 Å². The Morgan fingerprint density at radius 2 is 1.77 bits per heavy atom. The smallest absolute Gasteiger partial charge is 0.239 e. The summed E-state index contributed by atoms with van der Waals surface area (Å²) in [5, 5.41) is 2.68. The van der Waals surface area contributed by atoms with Gasteiger partial charge in [-0.25, -0.2) is 4.39 Å². The predicted molar refractivity (Wildman–Crippen MR) is 91.1 cm³/mol. The molecule has 2 rings (SSSR count). The number of nitrogens with zero attached hydrogens (tertiary/aromatic N) is 2. The van der Waals surface area contributed by atoms with Crippen LogP contribution in [0.25, 0.3) is 0 Å². The van der Waals surface area contributed by atoms with Crippen molar-refractivity contribution in [1.82, 2.24) is 15.1 Å². The number of hydrogen-bond acceptors (Lipinski definition) is 4. The molecular weight excluding hydrogens is 341 g/mol. The van der Waals surface area contributed by atoms with Gasteiger partial charge in [-0.2, -0.15) is 0 Å². The van der Waals surface area contributed by atoms with Crippen molar-refractivity contribution in [3.05, 3.63) is 35.6 Å². The van der Waals surface area contributed by atoms with Gasteiger partial charge in [0, 0.05) is 38.9 Å². The van der Waals surface area contributed by atoms with Gasteiger partial charge in [0.15, 0.2) is 0 Å². The molecule has 0 bridgehead atoms. The van der Waals surface area contributed by atoms with Crippen molar-refractivity contribution in [1.29, 1.82) is 0 Å². The number of hydrogen-bond donors (Lipinski definition) is 1. The second-order valence-electron chi connectivity index (χ2n) is 6.00. The van der Waals surface area contributed by atoms with Gasteiger partial charge >= 0.3 is 0 Å². The average molecular weight is 363 g/mol. The maximum Gasteiger partial charge on any atom is 0.239 e. The first-order valence-electron chi connectivity index (χ1n) is 8.52. The van der Waals surface area contributed by atoms with E-state index < -0.39 is 0 Å². The zero-order valence-electron chi connectivity index (χ0n) is 14.7. The van der Waals surface area contributed by atoms with Crippen LogP contribution in [0.5, 0.6) is 0 Å². The van der Waals surface area contributed by atoms with Crippen LogP contribution in [0.1, 0.15) is 31.7 Å². The van der Waals surface area contributed by atoms with Gasteiger partial charge in [0.25, 0.3) is 0 Å². The molecule has 1 aromatic carbocycles. The molecule has 7 nitrogen and oxygen atoms in total. The Morgan fingerprint density at radius 3 is 2.35 bits per heavy atom. The van der Waals surface area contributed by atoms with Crippen molar-refractivity contribution in [2.45, 2.75) is 32.7 Å². The lowest BCUT2D eigenvalue weighted by atomic mass is 10.2. The van der Waals surface area contributed by atoms with Gasteiger partial charge in [0.05, 0.1) is 6.54 Å². The zero-order chi connectivity index (χ0) is 19.1. The second-order valence-corrected chi connectivity index (χ2v) is 6.00. The summed E-state index contributed by atoms with van der Waals surface area (Å²) in [6, 6.07) is 5.76. The fourth-order valence-corrected chi connectivity index (χ4v) is 2.65. The first-order chi connectivity index (χ1) is 12.4. The molecule has 0 aliphatic carbocycles. The Hall–Kier alpha value is -2.77. The number of nitrogens with one attached hydrogen (secondary N) is 1. The number of halogens is 1. The molecule has 4 amide bonds. The Kier molecular flexibility index (Phi) is 6.82. The van der Waals surface area contributed by atoms with Crippen LogP contribution in [-0.4, -0.2) is 53.1 Å². The maximum atomic E-state index is 12.8. The number of benzene rings is 1. The Morgan fingerprint density at radius 1 is 1.15 bits per heavy atom. The first kappa shape index (κ1) is 19.6. The molecule has 1 N–H and O–H groups in total. The van der Waals surface area contributed by atoms with Crippen LogP contribution < -0.4 is 5.32 Å². The van der Waals surface area contributed by atoms with Crippen molar-refractivity contribution >= 4 is 23.6 Å². The van der Waals surface area contributed by atoms with Crippen LogP contribution >= 0.6 is 0 Å². The first-order valence-corrected chi connectivity index (χ1v) is 8.52. The third-order valence-corrected chi connectivity index (χ3v) is 4.18. The topological polar surface area (TPSA) is 86.8 Å². The Bertz CT molecular complexity index is 674. The fourth-order valence-electron chi connectivity index (χ4n) is 2.65. The highest BCUT2D eigenvalue weighted by atomic mass is 19.1. The molecule has 0 spiro atoms. The molecule has 0 unspecified atom stereocenters. The number of carbonyl (C=O) groups is 4. The number of likely N-dealkylation sites (tertiary alicyclic amines) is 1. The number of imide groups is 1. The highest BCUT2D eigenvalue weighted by Gasteiger charge is 2.29. The van der Waals surface area contributed by atoms with Crippen molar-refractivity contribution in [2.24, 2.45) is 0 Å². The average Bonchev–Trinajstić information content (AvgIpc) is 2.95. The molecule has 0 atom stereocenters. The SMILES string of the molecule is CCN(CC(=O)NCc1ccc(F)cc1)C(=O)CCN1C(=O)CCC1=O. The lowest BCUT2D eigenvalue weighted by Crippen LogP contribution is -2.42. The zero-order valence-corrected chi connectivity index (χ0v) is 14.7. The highest BCUT2D eigenvalue weighted by molar-refractivity contribution is 6.02. The van der Waals surface area contributed by atoms with Crippen LogP contribution in [0.4, 0.5) is 4.39 Å². The van der Waals surface area contributed by atoms with E-state index in [4.69, 9.17) is 0 Å². The number of likely N-dealkylation sites (N-methyl/N-ethyl adjacent to an activating group) is 1. The molecule has 1 aliphatic rings. The van der Waals surface area contributed by atoms with Crippen molar-refractivity contribution in [3.8, 4) is 0 Å². The fraction of sp³-hybridized carbons (Fsp3) is 0.444. The van der Waals surface area contributed by atoms with E-state index in [-0.39, 0.29) is 68.3 Å². The summed E-state index contributed by atoms with van der Waals surface area (Å²) in [6.07, 6.45) is 0.378. The van der Waals surface area contributed by atoms with E-state index in [0.29, 0.717) is 6.54 Å². The van der Waals surface area contributed by atoms with Gasteiger partial charge in [-0.15, -0.1) is 0 Å².